The van der Waals surface area contributed by atoms with E-state index in [0.29, 0.717) is 6.42 Å². The molecule has 0 atom stereocenters. The minimum Gasteiger partial charge on any atom is -0.198 e. The molecule has 0 aliphatic heterocycles. The first-order valence-corrected chi connectivity index (χ1v) is 6.23. The van der Waals surface area contributed by atoms with Gasteiger partial charge in [-0.05, 0) is 34.0 Å². The third-order valence-electron chi connectivity index (χ3n) is 1.98. The molecule has 0 spiro atoms. The van der Waals surface area contributed by atoms with Crippen LogP contribution in [0.5, 0.6) is 0 Å². The first-order valence-electron chi connectivity index (χ1n) is 3.96. The predicted molar refractivity (Wildman–Crippen MR) is 68.9 cm³/mol. The molecule has 1 aromatic heterocycles. The second-order valence-corrected chi connectivity index (χ2v) is 5.59. The predicted octanol–water partition coefficient (Wildman–Crippen LogP) is 4.23. The molecule has 0 radical (unpaired) electrons. The lowest BCUT2D eigenvalue weighted by molar-refractivity contribution is 1.30. The first kappa shape index (κ1) is 10.2. The fourth-order valence-corrected chi connectivity index (χ4v) is 3.53. The number of fused-ring (bicyclic) bond motifs is 1. The maximum atomic E-state index is 8.69. The molecule has 0 amide bonds. The number of nitriles is 1. The molecule has 1 nitrogen and oxygen atoms in total. The lowest BCUT2D eigenvalue weighted by Crippen LogP contribution is -1.79. The molecule has 0 aliphatic carbocycles. The maximum absolute atomic E-state index is 8.69. The summed E-state index contributed by atoms with van der Waals surface area (Å²) in [5, 5.41) is 9.80. The van der Waals surface area contributed by atoms with Crippen LogP contribution in [0.15, 0.2) is 18.2 Å². The summed E-state index contributed by atoms with van der Waals surface area (Å²) in [5.41, 5.74) is 0.965. The monoisotopic (exact) mass is 333 g/mol. The van der Waals surface area contributed by atoms with E-state index in [-0.39, 0.29) is 0 Å². The fraction of sp³-hybridized carbons (Fsp3) is 0.100. The molecule has 0 saturated heterocycles. The van der Waals surface area contributed by atoms with Crippen molar-refractivity contribution < 1.29 is 0 Å². The molecular weight excluding hydrogens is 329 g/mol. The van der Waals surface area contributed by atoms with Crippen LogP contribution in [0.3, 0.4) is 0 Å². The summed E-state index contributed by atoms with van der Waals surface area (Å²) in [7, 11) is 0. The van der Waals surface area contributed by atoms with Gasteiger partial charge in [-0.1, -0.05) is 23.7 Å². The Bertz CT molecular complexity index is 527. The van der Waals surface area contributed by atoms with Gasteiger partial charge in [0.05, 0.1) is 16.8 Å². The lowest BCUT2D eigenvalue weighted by Gasteiger charge is -1.94. The summed E-state index contributed by atoms with van der Waals surface area (Å²) in [6.45, 7) is 0. The Kier molecular flexibility index (Phi) is 2.96. The molecule has 0 unspecified atom stereocenters. The van der Waals surface area contributed by atoms with E-state index in [4.69, 9.17) is 16.9 Å². The highest BCUT2D eigenvalue weighted by Gasteiger charge is 2.11. The van der Waals surface area contributed by atoms with Gasteiger partial charge in [-0.15, -0.1) is 11.3 Å². The van der Waals surface area contributed by atoms with E-state index >= 15 is 0 Å². The van der Waals surface area contributed by atoms with Gasteiger partial charge in [-0.25, -0.2) is 0 Å². The minimum atomic E-state index is 0.388. The van der Waals surface area contributed by atoms with Crippen molar-refractivity contribution in [3.8, 4) is 6.07 Å². The molecule has 0 fully saturated rings. The summed E-state index contributed by atoms with van der Waals surface area (Å²) in [4.78, 5) is 0. The van der Waals surface area contributed by atoms with E-state index in [2.05, 4.69) is 28.7 Å². The zero-order chi connectivity index (χ0) is 10.1. The average Bonchev–Trinajstić information content (AvgIpc) is 2.47. The molecule has 0 bridgehead atoms. The summed E-state index contributed by atoms with van der Waals surface area (Å²) >= 11 is 9.92. The molecule has 1 aromatic carbocycles. The van der Waals surface area contributed by atoms with Crippen molar-refractivity contribution in [2.24, 2.45) is 0 Å². The van der Waals surface area contributed by atoms with Gasteiger partial charge >= 0.3 is 0 Å². The van der Waals surface area contributed by atoms with Gasteiger partial charge in [0.25, 0.3) is 0 Å². The van der Waals surface area contributed by atoms with Crippen molar-refractivity contribution in [1.82, 2.24) is 0 Å². The molecule has 2 aromatic rings. The van der Waals surface area contributed by atoms with Crippen LogP contribution in [0.4, 0.5) is 0 Å². The van der Waals surface area contributed by atoms with Crippen LogP contribution in [-0.2, 0) is 6.42 Å². The lowest BCUT2D eigenvalue weighted by atomic mass is 10.1. The number of thiophene rings is 1. The number of nitrogens with zero attached hydrogens (tertiary/aromatic N) is 1. The van der Waals surface area contributed by atoms with Crippen LogP contribution in [-0.4, -0.2) is 0 Å². The van der Waals surface area contributed by atoms with Crippen LogP contribution in [0.1, 0.15) is 5.56 Å². The van der Waals surface area contributed by atoms with Gasteiger partial charge < -0.3 is 0 Å². The molecule has 0 N–H and O–H groups in total. The smallest absolute Gasteiger partial charge is 0.0983 e. The van der Waals surface area contributed by atoms with Crippen molar-refractivity contribution in [1.29, 1.82) is 5.26 Å². The summed E-state index contributed by atoms with van der Waals surface area (Å²) in [5.74, 6) is 0. The van der Waals surface area contributed by atoms with Crippen molar-refractivity contribution >= 4 is 55.6 Å². The number of halogens is 2. The maximum Gasteiger partial charge on any atom is 0.0983 e. The molecule has 14 heavy (non-hydrogen) atoms. The Balaban J connectivity index is 2.78. The van der Waals surface area contributed by atoms with Crippen LogP contribution >= 0.6 is 45.5 Å². The molecule has 1 heterocycles. The molecule has 2 rings (SSSR count). The second kappa shape index (κ2) is 4.05. The Hall–Kier alpha value is -0.310. The fourth-order valence-electron chi connectivity index (χ4n) is 1.35. The van der Waals surface area contributed by atoms with Gasteiger partial charge in [0, 0.05) is 13.8 Å². The quantitative estimate of drug-likeness (QED) is 0.717. The number of hydrogen-bond acceptors (Lipinski definition) is 2. The van der Waals surface area contributed by atoms with Gasteiger partial charge in [0.15, 0.2) is 0 Å². The third-order valence-corrected chi connectivity index (χ3v) is 4.77. The first-order chi connectivity index (χ1) is 6.74. The Morgan fingerprint density at radius 2 is 2.29 bits per heavy atom. The van der Waals surface area contributed by atoms with Crippen LogP contribution in [0, 0.1) is 14.9 Å². The topological polar surface area (TPSA) is 23.8 Å². The van der Waals surface area contributed by atoms with Crippen LogP contribution in [0.25, 0.3) is 10.1 Å². The zero-order valence-corrected chi connectivity index (χ0v) is 10.8. The van der Waals surface area contributed by atoms with Crippen LogP contribution in [0.2, 0.25) is 4.34 Å². The van der Waals surface area contributed by atoms with Crippen molar-refractivity contribution in [2.75, 3.05) is 0 Å². The Labute approximate surface area is 104 Å². The van der Waals surface area contributed by atoms with E-state index in [1.165, 1.54) is 8.27 Å². The normalized spacial score (nSPS) is 10.4. The zero-order valence-electron chi connectivity index (χ0n) is 7.05. The second-order valence-electron chi connectivity index (χ2n) is 2.81. The highest BCUT2D eigenvalue weighted by molar-refractivity contribution is 14.1. The summed E-state index contributed by atoms with van der Waals surface area (Å²) in [6.07, 6.45) is 0.388. The molecule has 0 aliphatic rings. The Morgan fingerprint density at radius 1 is 1.50 bits per heavy atom. The van der Waals surface area contributed by atoms with Gasteiger partial charge in [-0.3, -0.25) is 0 Å². The molecular formula is C10H5ClINS. The largest absolute Gasteiger partial charge is 0.198 e. The van der Waals surface area contributed by atoms with Gasteiger partial charge in [0.2, 0.25) is 0 Å². The SMILES string of the molecule is N#CCc1c(Cl)sc2c(I)cccc12. The molecule has 0 saturated carbocycles. The van der Waals surface area contributed by atoms with E-state index < -0.39 is 0 Å². The van der Waals surface area contributed by atoms with Crippen LogP contribution < -0.4 is 0 Å². The van der Waals surface area contributed by atoms with Crippen molar-refractivity contribution in [3.63, 3.8) is 0 Å². The van der Waals surface area contributed by atoms with E-state index in [9.17, 15) is 0 Å². The summed E-state index contributed by atoms with van der Waals surface area (Å²) < 4.78 is 3.12. The number of benzene rings is 1. The van der Waals surface area contributed by atoms with Gasteiger partial charge in [-0.2, -0.15) is 5.26 Å². The summed E-state index contributed by atoms with van der Waals surface area (Å²) in [6, 6.07) is 8.20. The van der Waals surface area contributed by atoms with E-state index in [0.717, 1.165) is 15.3 Å². The van der Waals surface area contributed by atoms with E-state index in [1.54, 1.807) is 11.3 Å². The average molecular weight is 334 g/mol. The Morgan fingerprint density at radius 3 is 3.00 bits per heavy atom. The van der Waals surface area contributed by atoms with Crippen molar-refractivity contribution in [2.45, 2.75) is 6.42 Å². The highest BCUT2D eigenvalue weighted by Crippen LogP contribution is 2.37. The molecule has 70 valence electrons. The number of hydrogen-bond donors (Lipinski definition) is 0. The minimum absolute atomic E-state index is 0.388. The van der Waals surface area contributed by atoms with Crippen molar-refractivity contribution in [3.05, 3.63) is 31.7 Å². The highest BCUT2D eigenvalue weighted by atomic mass is 127. The molecule has 4 heteroatoms. The van der Waals surface area contributed by atoms with E-state index in [1.807, 2.05) is 18.2 Å². The number of rotatable bonds is 1. The standard InChI is InChI=1S/C10H5ClINS/c11-10-7(4-5-13)6-2-1-3-8(12)9(6)14-10/h1-3H,4H2. The van der Waals surface area contributed by atoms with Gasteiger partial charge in [0.1, 0.15) is 0 Å². The third kappa shape index (κ3) is 1.62.